The number of nitrogens with zero attached hydrogens (tertiary/aromatic N) is 5. The molecule has 0 unspecified atom stereocenters. The molecule has 6 heteroatoms. The molecule has 1 aliphatic heterocycles. The summed E-state index contributed by atoms with van der Waals surface area (Å²) in [7, 11) is 1.87. The molecule has 0 N–H and O–H groups in total. The molecule has 0 fully saturated rings. The molecule has 0 radical (unpaired) electrons. The predicted molar refractivity (Wildman–Crippen MR) is 103 cm³/mol. The third-order valence-corrected chi connectivity index (χ3v) is 5.10. The molecule has 0 saturated heterocycles. The van der Waals surface area contributed by atoms with Crippen LogP contribution in [0.1, 0.15) is 11.1 Å². The summed E-state index contributed by atoms with van der Waals surface area (Å²) < 4.78 is 15.1. The van der Waals surface area contributed by atoms with Gasteiger partial charge in [0, 0.05) is 25.7 Å². The summed E-state index contributed by atoms with van der Waals surface area (Å²) >= 11 is 0. The van der Waals surface area contributed by atoms with Crippen molar-refractivity contribution < 1.29 is 4.39 Å². The number of benzene rings is 2. The van der Waals surface area contributed by atoms with Gasteiger partial charge in [0.25, 0.3) is 0 Å². The lowest BCUT2D eigenvalue weighted by Gasteiger charge is -2.30. The maximum absolute atomic E-state index is 13.3. The molecule has 1 aliphatic rings. The van der Waals surface area contributed by atoms with Gasteiger partial charge in [-0.1, -0.05) is 24.3 Å². The number of anilines is 1. The van der Waals surface area contributed by atoms with Gasteiger partial charge in [0.2, 0.25) is 0 Å². The maximum atomic E-state index is 13.3. The number of aryl methyl sites for hydroxylation is 1. The van der Waals surface area contributed by atoms with Crippen LogP contribution in [-0.4, -0.2) is 26.3 Å². The first-order valence-corrected chi connectivity index (χ1v) is 8.96. The quantitative estimate of drug-likeness (QED) is 0.547. The first-order valence-electron chi connectivity index (χ1n) is 8.96. The minimum Gasteiger partial charge on any atom is -0.351 e. The molecule has 0 spiro atoms. The zero-order valence-corrected chi connectivity index (χ0v) is 14.9. The fourth-order valence-corrected chi connectivity index (χ4v) is 3.65. The lowest BCUT2D eigenvalue weighted by Crippen LogP contribution is -2.31. The fourth-order valence-electron chi connectivity index (χ4n) is 3.65. The molecular weight excluding hydrogens is 341 g/mol. The highest BCUT2D eigenvalue weighted by Crippen LogP contribution is 2.30. The van der Waals surface area contributed by atoms with E-state index in [9.17, 15) is 4.39 Å². The summed E-state index contributed by atoms with van der Waals surface area (Å²) in [6.07, 6.45) is 2.80. The average molecular weight is 359 g/mol. The van der Waals surface area contributed by atoms with Gasteiger partial charge in [-0.25, -0.2) is 14.4 Å². The van der Waals surface area contributed by atoms with E-state index in [2.05, 4.69) is 39.2 Å². The van der Waals surface area contributed by atoms with E-state index in [0.29, 0.717) is 5.82 Å². The predicted octanol–water partition coefficient (Wildman–Crippen LogP) is 3.73. The van der Waals surface area contributed by atoms with Gasteiger partial charge >= 0.3 is 0 Å². The molecular formula is C21H18FN5. The Balaban J connectivity index is 1.64. The molecule has 5 rings (SSSR count). The largest absolute Gasteiger partial charge is 0.351 e. The first-order chi connectivity index (χ1) is 13.2. The van der Waals surface area contributed by atoms with Crippen molar-refractivity contribution in [2.75, 3.05) is 11.4 Å². The standard InChI is InChI=1S/C21H18FN5/c1-26-20-18(12-23-26)21(25-19(24-20)15-6-8-17(22)9-7-15)27-11-10-14-4-2-3-5-16(14)13-27/h2-9,12H,10-11,13H2,1H3. The monoisotopic (exact) mass is 359 g/mol. The Labute approximate surface area is 156 Å². The van der Waals surface area contributed by atoms with Gasteiger partial charge < -0.3 is 4.90 Å². The summed E-state index contributed by atoms with van der Waals surface area (Å²) in [6, 6.07) is 14.8. The van der Waals surface area contributed by atoms with E-state index in [1.54, 1.807) is 16.8 Å². The summed E-state index contributed by atoms with van der Waals surface area (Å²) in [6.45, 7) is 1.70. The van der Waals surface area contributed by atoms with E-state index < -0.39 is 0 Å². The fraction of sp³-hybridized carbons (Fsp3) is 0.190. The van der Waals surface area contributed by atoms with E-state index in [1.807, 2.05) is 13.2 Å². The normalized spacial score (nSPS) is 13.8. The Morgan fingerprint density at radius 2 is 1.74 bits per heavy atom. The highest BCUT2D eigenvalue weighted by molar-refractivity contribution is 5.88. The molecule has 0 bridgehead atoms. The highest BCUT2D eigenvalue weighted by atomic mass is 19.1. The highest BCUT2D eigenvalue weighted by Gasteiger charge is 2.22. The number of aromatic nitrogens is 4. The van der Waals surface area contributed by atoms with Gasteiger partial charge in [-0.15, -0.1) is 0 Å². The minimum atomic E-state index is -0.270. The lowest BCUT2D eigenvalue weighted by molar-refractivity contribution is 0.628. The average Bonchev–Trinajstić information content (AvgIpc) is 3.08. The Bertz CT molecular complexity index is 1130. The van der Waals surface area contributed by atoms with Crippen LogP contribution in [0.3, 0.4) is 0 Å². The summed E-state index contributed by atoms with van der Waals surface area (Å²) in [4.78, 5) is 11.8. The van der Waals surface area contributed by atoms with Crippen molar-refractivity contribution in [2.45, 2.75) is 13.0 Å². The van der Waals surface area contributed by atoms with E-state index in [-0.39, 0.29) is 5.82 Å². The van der Waals surface area contributed by atoms with E-state index in [4.69, 9.17) is 4.98 Å². The molecule has 0 saturated carbocycles. The Morgan fingerprint density at radius 3 is 2.56 bits per heavy atom. The van der Waals surface area contributed by atoms with Crippen molar-refractivity contribution >= 4 is 16.9 Å². The molecule has 0 atom stereocenters. The minimum absolute atomic E-state index is 0.270. The first kappa shape index (κ1) is 15.9. The van der Waals surface area contributed by atoms with E-state index in [1.165, 1.54) is 23.3 Å². The molecule has 5 nitrogen and oxygen atoms in total. The maximum Gasteiger partial charge on any atom is 0.163 e. The Kier molecular flexibility index (Phi) is 3.63. The number of hydrogen-bond donors (Lipinski definition) is 0. The third kappa shape index (κ3) is 2.73. The Morgan fingerprint density at radius 1 is 0.963 bits per heavy atom. The second-order valence-corrected chi connectivity index (χ2v) is 6.82. The molecule has 2 aromatic carbocycles. The van der Waals surface area contributed by atoms with Gasteiger partial charge in [0.1, 0.15) is 11.6 Å². The molecule has 27 heavy (non-hydrogen) atoms. The van der Waals surface area contributed by atoms with E-state index in [0.717, 1.165) is 41.9 Å². The molecule has 2 aromatic heterocycles. The van der Waals surface area contributed by atoms with Crippen molar-refractivity contribution in [1.29, 1.82) is 0 Å². The van der Waals surface area contributed by atoms with Crippen molar-refractivity contribution in [2.24, 2.45) is 7.05 Å². The smallest absolute Gasteiger partial charge is 0.163 e. The number of hydrogen-bond acceptors (Lipinski definition) is 4. The lowest BCUT2D eigenvalue weighted by atomic mass is 10.00. The molecule has 3 heterocycles. The third-order valence-electron chi connectivity index (χ3n) is 5.10. The van der Waals surface area contributed by atoms with Crippen molar-refractivity contribution in [3.63, 3.8) is 0 Å². The second kappa shape index (κ2) is 6.16. The van der Waals surface area contributed by atoms with Gasteiger partial charge in [0.05, 0.1) is 11.6 Å². The van der Waals surface area contributed by atoms with Crippen molar-refractivity contribution in [1.82, 2.24) is 19.7 Å². The number of halogens is 1. The number of fused-ring (bicyclic) bond motifs is 2. The summed E-state index contributed by atoms with van der Waals surface area (Å²) in [5.41, 5.74) is 4.28. The topological polar surface area (TPSA) is 46.8 Å². The molecule has 0 amide bonds. The van der Waals surface area contributed by atoms with Gasteiger partial charge in [0.15, 0.2) is 11.5 Å². The van der Waals surface area contributed by atoms with E-state index >= 15 is 0 Å². The van der Waals surface area contributed by atoms with Crippen LogP contribution in [0.15, 0.2) is 54.7 Å². The summed E-state index contributed by atoms with van der Waals surface area (Å²) in [5.74, 6) is 1.19. The van der Waals surface area contributed by atoms with Crippen LogP contribution in [-0.2, 0) is 20.0 Å². The van der Waals surface area contributed by atoms with Crippen LogP contribution >= 0.6 is 0 Å². The van der Waals surface area contributed by atoms with Crippen LogP contribution in [0.5, 0.6) is 0 Å². The molecule has 4 aromatic rings. The van der Waals surface area contributed by atoms with Crippen LogP contribution < -0.4 is 4.90 Å². The zero-order chi connectivity index (χ0) is 18.4. The van der Waals surface area contributed by atoms with Gasteiger partial charge in [-0.05, 0) is 41.8 Å². The van der Waals surface area contributed by atoms with Crippen LogP contribution in [0, 0.1) is 5.82 Å². The van der Waals surface area contributed by atoms with Crippen LogP contribution in [0.25, 0.3) is 22.4 Å². The van der Waals surface area contributed by atoms with Crippen molar-refractivity contribution in [3.05, 3.63) is 71.7 Å². The SMILES string of the molecule is Cn1ncc2c(N3CCc4ccccc4C3)nc(-c3ccc(F)cc3)nc21. The molecule has 134 valence electrons. The molecule has 0 aliphatic carbocycles. The van der Waals surface area contributed by atoms with Gasteiger partial charge in [-0.3, -0.25) is 4.68 Å². The Hall–Kier alpha value is -3.28. The zero-order valence-electron chi connectivity index (χ0n) is 14.9. The number of rotatable bonds is 2. The summed E-state index contributed by atoms with van der Waals surface area (Å²) in [5, 5.41) is 5.31. The van der Waals surface area contributed by atoms with Crippen molar-refractivity contribution in [3.8, 4) is 11.4 Å². The second-order valence-electron chi connectivity index (χ2n) is 6.82. The van der Waals surface area contributed by atoms with Gasteiger partial charge in [-0.2, -0.15) is 5.10 Å². The van der Waals surface area contributed by atoms with Crippen LogP contribution in [0.2, 0.25) is 0 Å². The van der Waals surface area contributed by atoms with Crippen LogP contribution in [0.4, 0.5) is 10.2 Å².